The summed E-state index contributed by atoms with van der Waals surface area (Å²) in [6.07, 6.45) is 3.23. The number of phenolic OH excluding ortho intramolecular Hbond substituents is 1. The van der Waals surface area contributed by atoms with Gasteiger partial charge in [-0.25, -0.2) is 0 Å². The Morgan fingerprint density at radius 3 is 1.33 bits per heavy atom. The molecule has 0 spiro atoms. The van der Waals surface area contributed by atoms with Crippen LogP contribution in [0.15, 0.2) is 12.1 Å². The second kappa shape index (κ2) is 12.8. The fraction of sp³-hybridized carbons (Fsp3) is 0.810. The van der Waals surface area contributed by atoms with E-state index in [1.165, 1.54) is 0 Å². The summed E-state index contributed by atoms with van der Waals surface area (Å²) >= 11 is 0. The summed E-state index contributed by atoms with van der Waals surface area (Å²) in [6, 6.07) is 4.08. The number of ether oxygens (including phenoxy) is 1. The molecule has 2 heterocycles. The molecule has 0 amide bonds. The Morgan fingerprint density at radius 2 is 1.06 bits per heavy atom. The summed E-state index contributed by atoms with van der Waals surface area (Å²) in [5.41, 5.74) is -1.93. The minimum absolute atomic E-state index is 0.306. The third-order valence-electron chi connectivity index (χ3n) is 13.0. The van der Waals surface area contributed by atoms with Crippen molar-refractivity contribution in [3.8, 4) is 5.75 Å². The molecule has 1 aromatic carbocycles. The topological polar surface area (TPSA) is 90.3 Å². The predicted octanol–water partition coefficient (Wildman–Crippen LogP) is 9.11. The number of phenols is 1. The Bertz CT molecular complexity index is 1300. The summed E-state index contributed by atoms with van der Waals surface area (Å²) in [7, 11) is 4.23. The number of carbonyl (C=O) groups excluding carboxylic acids is 1. The molecule has 2 fully saturated rings. The van der Waals surface area contributed by atoms with Crippen LogP contribution in [0.4, 0.5) is 0 Å². The van der Waals surface area contributed by atoms with Gasteiger partial charge in [0.2, 0.25) is 0 Å². The average Bonchev–Trinajstić information content (AvgIpc) is 2.89. The average molecular weight is 685 g/mol. The molecule has 2 saturated heterocycles. The summed E-state index contributed by atoms with van der Waals surface area (Å²) in [4.78, 5) is 34.2. The number of piperidine rings is 2. The van der Waals surface area contributed by atoms with Crippen LogP contribution < -0.4 is 0 Å². The number of aromatic hydroxyl groups is 1. The van der Waals surface area contributed by atoms with Gasteiger partial charge in [-0.2, -0.15) is 0 Å². The first-order chi connectivity index (χ1) is 21.8. The number of hydrogen-bond acceptors (Lipinski definition) is 6. The molecule has 2 aliphatic heterocycles. The Balaban J connectivity index is 2.24. The van der Waals surface area contributed by atoms with Crippen molar-refractivity contribution in [2.24, 2.45) is 17.3 Å². The van der Waals surface area contributed by atoms with Crippen LogP contribution in [0.1, 0.15) is 160 Å². The molecule has 3 rings (SSSR count). The monoisotopic (exact) mass is 685 g/mol. The lowest BCUT2D eigenvalue weighted by molar-refractivity contribution is -0.202. The first kappa shape index (κ1) is 41.3. The molecular weight excluding hydrogens is 612 g/mol. The minimum atomic E-state index is -1.73. The summed E-state index contributed by atoms with van der Waals surface area (Å²) in [5.74, 6) is -2.20. The zero-order chi connectivity index (χ0) is 38.1. The Hall–Kier alpha value is -2.12. The number of nitrogens with zero attached hydrogens (tertiary/aromatic N) is 2. The van der Waals surface area contributed by atoms with Crippen molar-refractivity contribution in [1.82, 2.24) is 9.80 Å². The van der Waals surface area contributed by atoms with Crippen molar-refractivity contribution in [1.29, 1.82) is 0 Å². The number of rotatable bonds is 8. The van der Waals surface area contributed by atoms with Crippen molar-refractivity contribution in [2.45, 2.75) is 188 Å². The second-order valence-electron chi connectivity index (χ2n) is 20.7. The van der Waals surface area contributed by atoms with E-state index >= 15 is 4.79 Å². The lowest BCUT2D eigenvalue weighted by Gasteiger charge is -2.60. The number of hydrogen-bond donors (Lipinski definition) is 2. The van der Waals surface area contributed by atoms with Crippen molar-refractivity contribution in [3.05, 3.63) is 28.8 Å². The largest absolute Gasteiger partial charge is 0.507 e. The molecule has 1 aromatic rings. The van der Waals surface area contributed by atoms with Crippen molar-refractivity contribution in [2.75, 3.05) is 14.1 Å². The van der Waals surface area contributed by atoms with Crippen LogP contribution >= 0.6 is 0 Å². The van der Waals surface area contributed by atoms with Gasteiger partial charge in [0.15, 0.2) is 5.41 Å². The van der Waals surface area contributed by atoms with E-state index in [1.54, 1.807) is 0 Å². The lowest BCUT2D eigenvalue weighted by atomic mass is 9.53. The fourth-order valence-electron chi connectivity index (χ4n) is 9.40. The van der Waals surface area contributed by atoms with Gasteiger partial charge in [-0.05, 0) is 148 Å². The van der Waals surface area contributed by atoms with E-state index in [1.807, 2.05) is 26.0 Å². The first-order valence-corrected chi connectivity index (χ1v) is 18.6. The van der Waals surface area contributed by atoms with E-state index in [0.29, 0.717) is 44.3 Å². The highest BCUT2D eigenvalue weighted by Gasteiger charge is 2.66. The number of esters is 1. The number of carbonyl (C=O) groups is 2. The van der Waals surface area contributed by atoms with E-state index in [2.05, 4.69) is 121 Å². The maximum Gasteiger partial charge on any atom is 0.324 e. The van der Waals surface area contributed by atoms with Crippen molar-refractivity contribution >= 4 is 11.9 Å². The predicted molar refractivity (Wildman–Crippen MR) is 201 cm³/mol. The maximum absolute atomic E-state index is 15.3. The summed E-state index contributed by atoms with van der Waals surface area (Å²) in [6.45, 7) is 33.9. The minimum Gasteiger partial charge on any atom is -0.507 e. The number of benzene rings is 1. The first-order valence-electron chi connectivity index (χ1n) is 18.6. The van der Waals surface area contributed by atoms with Crippen LogP contribution in [0.5, 0.6) is 5.75 Å². The highest BCUT2D eigenvalue weighted by atomic mass is 16.6. The highest BCUT2D eigenvalue weighted by Crippen LogP contribution is 2.57. The molecule has 7 heteroatoms. The molecule has 280 valence electrons. The molecule has 2 aliphatic rings. The molecule has 1 unspecified atom stereocenters. The number of carboxylic acids is 1. The molecule has 2 N–H and O–H groups in total. The molecular formula is C42H72N2O5. The quantitative estimate of drug-likeness (QED) is 0.209. The zero-order valence-corrected chi connectivity index (χ0v) is 34.6. The van der Waals surface area contributed by atoms with Gasteiger partial charge in [0, 0.05) is 28.6 Å². The smallest absolute Gasteiger partial charge is 0.324 e. The van der Waals surface area contributed by atoms with Crippen molar-refractivity contribution < 1.29 is 24.5 Å². The molecule has 7 nitrogen and oxygen atoms in total. The summed E-state index contributed by atoms with van der Waals surface area (Å²) in [5, 5.41) is 23.0. The van der Waals surface area contributed by atoms with Crippen LogP contribution in [-0.2, 0) is 31.6 Å². The summed E-state index contributed by atoms with van der Waals surface area (Å²) < 4.78 is 6.72. The van der Waals surface area contributed by atoms with E-state index < -0.39 is 34.8 Å². The van der Waals surface area contributed by atoms with Gasteiger partial charge in [0.25, 0.3) is 0 Å². The molecule has 49 heavy (non-hydrogen) atoms. The fourth-order valence-corrected chi connectivity index (χ4v) is 9.40. The van der Waals surface area contributed by atoms with Gasteiger partial charge in [-0.3, -0.25) is 19.4 Å². The van der Waals surface area contributed by atoms with Gasteiger partial charge in [0.05, 0.1) is 0 Å². The van der Waals surface area contributed by atoms with Crippen LogP contribution in [0, 0.1) is 17.3 Å². The molecule has 0 aliphatic carbocycles. The Morgan fingerprint density at radius 1 is 0.735 bits per heavy atom. The number of aliphatic carboxylic acids is 1. The second-order valence-corrected chi connectivity index (χ2v) is 20.7. The van der Waals surface area contributed by atoms with E-state index in [0.717, 1.165) is 16.7 Å². The molecule has 0 saturated carbocycles. The lowest BCUT2D eigenvalue weighted by Crippen LogP contribution is -2.68. The number of likely N-dealkylation sites (tertiary alicyclic amines) is 2. The SMILES string of the molecule is CCC(C)(Cc1cc(C(C)(C)C)c(O)c(C(C)(C)C)c1)OC(=O)C(C(=O)O)(C1CC(C)(C)N(C)C(C)(C)C1)C1CC(C)(C)N(C)C(C)(C)C1. The van der Waals surface area contributed by atoms with Gasteiger partial charge in [-0.15, -0.1) is 0 Å². The standard InChI is InChI=1S/C42H72N2O5/c1-19-41(16,22-27-20-30(35(2,3)4)32(45)31(21-27)36(5,6)7)49-34(48)42(33(46)47,28-23-37(8,9)43(17)38(10,11)24-28)29-25-39(12,13)44(18)40(14,15)26-29/h20-21,28-29,45H,19,22-26H2,1-18H3,(H,46,47). The van der Waals surface area contributed by atoms with Gasteiger partial charge < -0.3 is 14.9 Å². The van der Waals surface area contributed by atoms with Gasteiger partial charge >= 0.3 is 11.9 Å². The van der Waals surface area contributed by atoms with Crippen LogP contribution in [0.3, 0.4) is 0 Å². The molecule has 0 aromatic heterocycles. The third-order valence-corrected chi connectivity index (χ3v) is 13.0. The van der Waals surface area contributed by atoms with Crippen molar-refractivity contribution in [3.63, 3.8) is 0 Å². The van der Waals surface area contributed by atoms with E-state index in [9.17, 15) is 15.0 Å². The zero-order valence-electron chi connectivity index (χ0n) is 34.6. The van der Waals surface area contributed by atoms with Crippen LogP contribution in [-0.4, -0.2) is 73.8 Å². The third kappa shape index (κ3) is 7.73. The van der Waals surface area contributed by atoms with E-state index in [4.69, 9.17) is 4.74 Å². The molecule has 0 radical (unpaired) electrons. The molecule has 0 bridgehead atoms. The normalized spacial score (nSPS) is 23.6. The van der Waals surface area contributed by atoms with E-state index in [-0.39, 0.29) is 33.0 Å². The van der Waals surface area contributed by atoms with Gasteiger partial charge in [-0.1, -0.05) is 60.6 Å². The Labute approximate surface area is 299 Å². The van der Waals surface area contributed by atoms with Gasteiger partial charge in [0.1, 0.15) is 11.4 Å². The number of carboxylic acid groups (broad SMARTS) is 1. The highest BCUT2D eigenvalue weighted by molar-refractivity contribution is 6.00. The Kier molecular flexibility index (Phi) is 10.8. The van der Waals surface area contributed by atoms with Crippen LogP contribution in [0.25, 0.3) is 0 Å². The molecule has 1 atom stereocenters. The maximum atomic E-state index is 15.3. The van der Waals surface area contributed by atoms with Crippen LogP contribution in [0.2, 0.25) is 0 Å².